The topological polar surface area (TPSA) is 105 Å². The standard InChI is InChI=1S/C23H23ClN2O5S/c1-16-4-10-19(11-5-16)32(29,30)21(20-3-2-14-31-20)15-26-23(28)22(27)25-13-12-17-6-8-18(24)9-7-17/h2-11,14,21H,12-13,15H2,1H3,(H,25,27)(H,26,28)/t21-/m1/s1. The molecule has 2 aromatic carbocycles. The van der Waals surface area contributed by atoms with Gasteiger partial charge in [0.15, 0.2) is 9.84 Å². The SMILES string of the molecule is Cc1ccc(S(=O)(=O)[C@H](CNC(=O)C(=O)NCCc2ccc(Cl)cc2)c2ccco2)cc1. The first-order chi connectivity index (χ1) is 15.3. The molecule has 7 nitrogen and oxygen atoms in total. The van der Waals surface area contributed by atoms with Crippen molar-refractivity contribution in [3.8, 4) is 0 Å². The van der Waals surface area contributed by atoms with Crippen LogP contribution in [0.3, 0.4) is 0 Å². The van der Waals surface area contributed by atoms with Gasteiger partial charge in [-0.25, -0.2) is 8.42 Å². The maximum Gasteiger partial charge on any atom is 0.309 e. The predicted molar refractivity (Wildman–Crippen MR) is 121 cm³/mol. The number of amides is 2. The Balaban J connectivity index is 1.61. The molecule has 3 aromatic rings. The van der Waals surface area contributed by atoms with Gasteiger partial charge in [0, 0.05) is 18.1 Å². The fourth-order valence-electron chi connectivity index (χ4n) is 3.05. The number of sulfone groups is 1. The van der Waals surface area contributed by atoms with E-state index in [4.69, 9.17) is 16.0 Å². The second kappa shape index (κ2) is 10.5. The molecule has 3 rings (SSSR count). The number of aryl methyl sites for hydroxylation is 1. The number of furan rings is 1. The molecule has 0 saturated carbocycles. The van der Waals surface area contributed by atoms with Crippen molar-refractivity contribution in [2.45, 2.75) is 23.5 Å². The van der Waals surface area contributed by atoms with Crippen LogP contribution in [0.5, 0.6) is 0 Å². The first-order valence-corrected chi connectivity index (χ1v) is 11.8. The molecule has 2 N–H and O–H groups in total. The van der Waals surface area contributed by atoms with Gasteiger partial charge in [0.2, 0.25) is 0 Å². The van der Waals surface area contributed by atoms with E-state index in [1.165, 1.54) is 24.5 Å². The number of carbonyl (C=O) groups excluding carboxylic acids is 2. The van der Waals surface area contributed by atoms with Gasteiger partial charge in [-0.2, -0.15) is 0 Å². The lowest BCUT2D eigenvalue weighted by Gasteiger charge is -2.17. The zero-order chi connectivity index (χ0) is 23.1. The van der Waals surface area contributed by atoms with Crippen LogP contribution in [0, 0.1) is 6.92 Å². The number of hydrogen-bond donors (Lipinski definition) is 2. The lowest BCUT2D eigenvalue weighted by atomic mass is 10.1. The van der Waals surface area contributed by atoms with Gasteiger partial charge in [-0.15, -0.1) is 0 Å². The Morgan fingerprint density at radius 1 is 0.969 bits per heavy atom. The van der Waals surface area contributed by atoms with E-state index in [-0.39, 0.29) is 23.7 Å². The lowest BCUT2D eigenvalue weighted by Crippen LogP contribution is -2.42. The Labute approximate surface area is 191 Å². The van der Waals surface area contributed by atoms with Crippen molar-refractivity contribution in [2.24, 2.45) is 0 Å². The van der Waals surface area contributed by atoms with Crippen LogP contribution in [0.4, 0.5) is 0 Å². The van der Waals surface area contributed by atoms with Gasteiger partial charge in [-0.05, 0) is 55.3 Å². The highest BCUT2D eigenvalue weighted by Crippen LogP contribution is 2.29. The fraction of sp³-hybridized carbons (Fsp3) is 0.217. The van der Waals surface area contributed by atoms with Crippen LogP contribution in [0.2, 0.25) is 5.02 Å². The van der Waals surface area contributed by atoms with Gasteiger partial charge >= 0.3 is 11.8 Å². The van der Waals surface area contributed by atoms with E-state index < -0.39 is 26.9 Å². The highest BCUT2D eigenvalue weighted by Gasteiger charge is 2.32. The van der Waals surface area contributed by atoms with Crippen molar-refractivity contribution >= 4 is 33.3 Å². The summed E-state index contributed by atoms with van der Waals surface area (Å²) in [6.45, 7) is 1.79. The van der Waals surface area contributed by atoms with Gasteiger partial charge in [-0.1, -0.05) is 41.4 Å². The number of nitrogens with one attached hydrogen (secondary N) is 2. The molecule has 0 fully saturated rings. The zero-order valence-electron chi connectivity index (χ0n) is 17.4. The van der Waals surface area contributed by atoms with E-state index in [1.807, 2.05) is 19.1 Å². The summed E-state index contributed by atoms with van der Waals surface area (Å²) >= 11 is 5.84. The van der Waals surface area contributed by atoms with E-state index in [0.717, 1.165) is 11.1 Å². The van der Waals surface area contributed by atoms with E-state index in [0.29, 0.717) is 11.4 Å². The highest BCUT2D eigenvalue weighted by atomic mass is 35.5. The van der Waals surface area contributed by atoms with Gasteiger partial charge < -0.3 is 15.1 Å². The normalized spacial score (nSPS) is 12.2. The highest BCUT2D eigenvalue weighted by molar-refractivity contribution is 7.91. The maximum atomic E-state index is 13.2. The maximum absolute atomic E-state index is 13.2. The molecule has 0 aliphatic heterocycles. The average molecular weight is 475 g/mol. The molecule has 0 saturated heterocycles. The van der Waals surface area contributed by atoms with Crippen molar-refractivity contribution in [1.82, 2.24) is 10.6 Å². The summed E-state index contributed by atoms with van der Waals surface area (Å²) in [5.74, 6) is -1.59. The molecule has 0 bridgehead atoms. The molecular formula is C23H23ClN2O5S. The summed E-state index contributed by atoms with van der Waals surface area (Å²) in [5.41, 5.74) is 1.87. The molecule has 2 amide bonds. The smallest absolute Gasteiger partial charge is 0.309 e. The van der Waals surface area contributed by atoms with Crippen LogP contribution in [-0.4, -0.2) is 33.3 Å². The summed E-state index contributed by atoms with van der Waals surface area (Å²) in [7, 11) is -3.87. The first kappa shape index (κ1) is 23.6. The molecule has 168 valence electrons. The number of benzene rings is 2. The van der Waals surface area contributed by atoms with Crippen molar-refractivity contribution in [3.63, 3.8) is 0 Å². The predicted octanol–water partition coefficient (Wildman–Crippen LogP) is 3.23. The monoisotopic (exact) mass is 474 g/mol. The van der Waals surface area contributed by atoms with Crippen LogP contribution >= 0.6 is 11.6 Å². The lowest BCUT2D eigenvalue weighted by molar-refractivity contribution is -0.139. The summed E-state index contributed by atoms with van der Waals surface area (Å²) in [6.07, 6.45) is 1.88. The van der Waals surface area contributed by atoms with E-state index in [1.54, 1.807) is 30.3 Å². The fourth-order valence-corrected chi connectivity index (χ4v) is 4.76. The molecule has 1 atom stereocenters. The van der Waals surface area contributed by atoms with Crippen molar-refractivity contribution in [3.05, 3.63) is 88.8 Å². The summed E-state index contributed by atoms with van der Waals surface area (Å²) < 4.78 is 31.6. The Bertz CT molecular complexity index is 1160. The van der Waals surface area contributed by atoms with Gasteiger partial charge in [0.1, 0.15) is 11.0 Å². The molecule has 0 spiro atoms. The van der Waals surface area contributed by atoms with Crippen LogP contribution in [0.15, 0.2) is 76.2 Å². The second-order valence-electron chi connectivity index (χ2n) is 7.20. The number of hydrogen-bond acceptors (Lipinski definition) is 5. The third kappa shape index (κ3) is 5.99. The molecule has 1 heterocycles. The molecular weight excluding hydrogens is 452 g/mol. The minimum Gasteiger partial charge on any atom is -0.468 e. The summed E-state index contributed by atoms with van der Waals surface area (Å²) in [6, 6.07) is 16.6. The molecule has 0 unspecified atom stereocenters. The van der Waals surface area contributed by atoms with E-state index in [9.17, 15) is 18.0 Å². The Hall–Kier alpha value is -3.10. The summed E-state index contributed by atoms with van der Waals surface area (Å²) in [4.78, 5) is 24.5. The molecule has 0 radical (unpaired) electrons. The van der Waals surface area contributed by atoms with Crippen LogP contribution < -0.4 is 10.6 Å². The minimum absolute atomic E-state index is 0.103. The van der Waals surface area contributed by atoms with Gasteiger partial charge in [0.25, 0.3) is 0 Å². The van der Waals surface area contributed by atoms with Crippen LogP contribution in [-0.2, 0) is 25.8 Å². The second-order valence-corrected chi connectivity index (χ2v) is 9.77. The molecule has 32 heavy (non-hydrogen) atoms. The Morgan fingerprint density at radius 2 is 1.62 bits per heavy atom. The number of carbonyl (C=O) groups is 2. The number of halogens is 1. The van der Waals surface area contributed by atoms with Crippen LogP contribution in [0.25, 0.3) is 0 Å². The Morgan fingerprint density at radius 3 is 2.25 bits per heavy atom. The largest absolute Gasteiger partial charge is 0.468 e. The quantitative estimate of drug-likeness (QED) is 0.487. The van der Waals surface area contributed by atoms with Gasteiger partial charge in [0.05, 0.1) is 11.2 Å². The number of rotatable bonds is 8. The zero-order valence-corrected chi connectivity index (χ0v) is 18.9. The van der Waals surface area contributed by atoms with Gasteiger partial charge in [-0.3, -0.25) is 9.59 Å². The first-order valence-electron chi connectivity index (χ1n) is 9.92. The Kier molecular flexibility index (Phi) is 7.71. The van der Waals surface area contributed by atoms with Crippen LogP contribution in [0.1, 0.15) is 22.1 Å². The van der Waals surface area contributed by atoms with Crippen molar-refractivity contribution in [1.29, 1.82) is 0 Å². The molecule has 0 aliphatic carbocycles. The van der Waals surface area contributed by atoms with Crippen molar-refractivity contribution in [2.75, 3.05) is 13.1 Å². The third-order valence-corrected chi connectivity index (χ3v) is 7.18. The molecule has 9 heteroatoms. The van der Waals surface area contributed by atoms with E-state index in [2.05, 4.69) is 10.6 Å². The molecule has 0 aliphatic rings. The summed E-state index contributed by atoms with van der Waals surface area (Å²) in [5, 5.41) is 4.37. The average Bonchev–Trinajstić information content (AvgIpc) is 3.29. The minimum atomic E-state index is -3.87. The van der Waals surface area contributed by atoms with E-state index >= 15 is 0 Å². The third-order valence-electron chi connectivity index (χ3n) is 4.85. The molecule has 1 aromatic heterocycles. The van der Waals surface area contributed by atoms with Crippen molar-refractivity contribution < 1.29 is 22.4 Å².